The van der Waals surface area contributed by atoms with Crippen molar-refractivity contribution in [1.82, 2.24) is 9.55 Å². The Morgan fingerprint density at radius 3 is 2.58 bits per heavy atom. The zero-order valence-electron chi connectivity index (χ0n) is 15.6. The highest BCUT2D eigenvalue weighted by Gasteiger charge is 2.12. The van der Waals surface area contributed by atoms with E-state index >= 15 is 0 Å². The van der Waals surface area contributed by atoms with Gasteiger partial charge in [0.05, 0.1) is 12.7 Å². The van der Waals surface area contributed by atoms with Crippen molar-refractivity contribution in [2.75, 3.05) is 25.1 Å². The molecule has 0 aliphatic heterocycles. The molecular formula is C21H25N3O2. The summed E-state index contributed by atoms with van der Waals surface area (Å²) in [5.41, 5.74) is 3.89. The molecule has 0 aliphatic rings. The Morgan fingerprint density at radius 1 is 1.15 bits per heavy atom. The van der Waals surface area contributed by atoms with Crippen molar-refractivity contribution in [1.29, 1.82) is 0 Å². The zero-order valence-corrected chi connectivity index (χ0v) is 15.6. The lowest BCUT2D eigenvalue weighted by Gasteiger charge is -2.23. The highest BCUT2D eigenvalue weighted by Crippen LogP contribution is 2.27. The molecule has 2 heterocycles. The maximum atomic E-state index is 11.6. The van der Waals surface area contributed by atoms with Crippen LogP contribution < -0.4 is 4.90 Å². The normalized spacial score (nSPS) is 10.9. The van der Waals surface area contributed by atoms with Gasteiger partial charge in [0, 0.05) is 43.1 Å². The molecule has 0 fully saturated rings. The summed E-state index contributed by atoms with van der Waals surface area (Å²) in [6.07, 6.45) is 5.08. The molecular weight excluding hydrogens is 326 g/mol. The van der Waals surface area contributed by atoms with E-state index in [1.54, 1.807) is 12.1 Å². The second-order valence-corrected chi connectivity index (χ2v) is 6.28. The van der Waals surface area contributed by atoms with Gasteiger partial charge >= 0.3 is 5.97 Å². The van der Waals surface area contributed by atoms with E-state index in [0.717, 1.165) is 30.7 Å². The molecule has 0 bridgehead atoms. The molecule has 0 saturated heterocycles. The van der Waals surface area contributed by atoms with Gasteiger partial charge < -0.3 is 14.2 Å². The summed E-state index contributed by atoms with van der Waals surface area (Å²) in [6.45, 7) is 7.11. The molecule has 0 atom stereocenters. The Morgan fingerprint density at radius 2 is 1.92 bits per heavy atom. The van der Waals surface area contributed by atoms with E-state index in [4.69, 9.17) is 4.74 Å². The van der Waals surface area contributed by atoms with Gasteiger partial charge in [0.1, 0.15) is 5.65 Å². The Labute approximate surface area is 154 Å². The van der Waals surface area contributed by atoms with E-state index in [1.165, 1.54) is 18.2 Å². The maximum Gasteiger partial charge on any atom is 0.337 e. The van der Waals surface area contributed by atoms with E-state index in [1.807, 2.05) is 18.3 Å². The number of carbonyl (C=O) groups excluding carboxylic acids is 1. The maximum absolute atomic E-state index is 11.6. The van der Waals surface area contributed by atoms with Crippen LogP contribution in [0.2, 0.25) is 0 Å². The number of hydrogen-bond acceptors (Lipinski definition) is 4. The Balaban J connectivity index is 1.88. The van der Waals surface area contributed by atoms with Crippen LogP contribution in [0, 0.1) is 0 Å². The molecule has 0 N–H and O–H groups in total. The number of ether oxygens (including phenoxy) is 1. The third-order valence-corrected chi connectivity index (χ3v) is 4.58. The molecule has 0 spiro atoms. The van der Waals surface area contributed by atoms with Crippen LogP contribution in [0.1, 0.15) is 36.2 Å². The van der Waals surface area contributed by atoms with Crippen LogP contribution in [0.4, 0.5) is 5.69 Å². The number of fused-ring (bicyclic) bond motifs is 1. The molecule has 0 aliphatic carbocycles. The van der Waals surface area contributed by atoms with Crippen molar-refractivity contribution >= 4 is 22.7 Å². The van der Waals surface area contributed by atoms with Crippen molar-refractivity contribution < 1.29 is 9.53 Å². The van der Waals surface area contributed by atoms with Gasteiger partial charge in [-0.25, -0.2) is 9.78 Å². The minimum atomic E-state index is -0.315. The number of pyridine rings is 1. The summed E-state index contributed by atoms with van der Waals surface area (Å²) in [5.74, 6) is -0.315. The summed E-state index contributed by atoms with van der Waals surface area (Å²) in [4.78, 5) is 18.5. The SMILES string of the molecule is CCCN(CC)c1ccnc2c1ccn2Cc1ccc(C(=O)OC)cc1. The summed E-state index contributed by atoms with van der Waals surface area (Å²) in [7, 11) is 1.39. The van der Waals surface area contributed by atoms with Crippen molar-refractivity contribution in [3.8, 4) is 0 Å². The summed E-state index contributed by atoms with van der Waals surface area (Å²) in [5, 5.41) is 1.17. The number of rotatable bonds is 7. The number of methoxy groups -OCH3 is 1. The van der Waals surface area contributed by atoms with Crippen LogP contribution in [-0.4, -0.2) is 35.7 Å². The summed E-state index contributed by atoms with van der Waals surface area (Å²) >= 11 is 0. The molecule has 1 aromatic carbocycles. The van der Waals surface area contributed by atoms with Gasteiger partial charge in [-0.3, -0.25) is 0 Å². The van der Waals surface area contributed by atoms with E-state index in [2.05, 4.69) is 46.6 Å². The summed E-state index contributed by atoms with van der Waals surface area (Å²) in [6, 6.07) is 11.7. The first-order valence-corrected chi connectivity index (χ1v) is 9.04. The molecule has 0 radical (unpaired) electrons. The molecule has 5 nitrogen and oxygen atoms in total. The Kier molecular flexibility index (Phi) is 5.56. The lowest BCUT2D eigenvalue weighted by molar-refractivity contribution is 0.0600. The molecule has 136 valence electrons. The van der Waals surface area contributed by atoms with Crippen LogP contribution in [0.15, 0.2) is 48.8 Å². The number of anilines is 1. The number of esters is 1. The molecule has 2 aromatic heterocycles. The first-order valence-electron chi connectivity index (χ1n) is 9.04. The molecule has 0 amide bonds. The van der Waals surface area contributed by atoms with Crippen LogP contribution in [0.25, 0.3) is 11.0 Å². The van der Waals surface area contributed by atoms with E-state index in [9.17, 15) is 4.79 Å². The lowest BCUT2D eigenvalue weighted by atomic mass is 10.1. The second-order valence-electron chi connectivity index (χ2n) is 6.28. The molecule has 0 unspecified atom stereocenters. The third-order valence-electron chi connectivity index (χ3n) is 4.58. The van der Waals surface area contributed by atoms with Gasteiger partial charge in [0.2, 0.25) is 0 Å². The van der Waals surface area contributed by atoms with Gasteiger partial charge in [-0.15, -0.1) is 0 Å². The van der Waals surface area contributed by atoms with Crippen LogP contribution >= 0.6 is 0 Å². The van der Waals surface area contributed by atoms with Crippen molar-refractivity contribution in [3.05, 3.63) is 59.9 Å². The highest BCUT2D eigenvalue weighted by molar-refractivity contribution is 5.90. The minimum absolute atomic E-state index is 0.315. The number of benzene rings is 1. The Bertz CT molecular complexity index is 884. The van der Waals surface area contributed by atoms with Crippen molar-refractivity contribution in [2.45, 2.75) is 26.8 Å². The van der Waals surface area contributed by atoms with Gasteiger partial charge in [0.25, 0.3) is 0 Å². The largest absolute Gasteiger partial charge is 0.465 e. The standard InChI is InChI=1S/C21H25N3O2/c1-4-13-23(5-2)19-10-12-22-20-18(19)11-14-24(20)15-16-6-8-17(9-7-16)21(25)26-3/h6-12,14H,4-5,13,15H2,1-3H3. The number of carbonyl (C=O) groups is 1. The van der Waals surface area contributed by atoms with E-state index in [-0.39, 0.29) is 5.97 Å². The first-order chi connectivity index (χ1) is 12.7. The Hall–Kier alpha value is -2.82. The average molecular weight is 351 g/mol. The van der Waals surface area contributed by atoms with Crippen LogP contribution in [0.3, 0.4) is 0 Å². The van der Waals surface area contributed by atoms with E-state index < -0.39 is 0 Å². The summed E-state index contributed by atoms with van der Waals surface area (Å²) < 4.78 is 6.89. The fourth-order valence-corrected chi connectivity index (χ4v) is 3.26. The van der Waals surface area contributed by atoms with Gasteiger partial charge in [-0.2, -0.15) is 0 Å². The highest BCUT2D eigenvalue weighted by atomic mass is 16.5. The predicted molar refractivity (Wildman–Crippen MR) is 105 cm³/mol. The average Bonchev–Trinajstić information content (AvgIpc) is 3.09. The molecule has 0 saturated carbocycles. The van der Waals surface area contributed by atoms with Gasteiger partial charge in [-0.05, 0) is 43.2 Å². The number of aromatic nitrogens is 2. The fourth-order valence-electron chi connectivity index (χ4n) is 3.26. The van der Waals surface area contributed by atoms with Gasteiger partial charge in [-0.1, -0.05) is 19.1 Å². The fraction of sp³-hybridized carbons (Fsp3) is 0.333. The number of nitrogens with zero attached hydrogens (tertiary/aromatic N) is 3. The van der Waals surface area contributed by atoms with Crippen molar-refractivity contribution in [3.63, 3.8) is 0 Å². The smallest absolute Gasteiger partial charge is 0.337 e. The minimum Gasteiger partial charge on any atom is -0.465 e. The molecule has 26 heavy (non-hydrogen) atoms. The predicted octanol–water partition coefficient (Wildman–Crippen LogP) is 4.11. The van der Waals surface area contributed by atoms with Crippen LogP contribution in [0.5, 0.6) is 0 Å². The molecule has 5 heteroatoms. The zero-order chi connectivity index (χ0) is 18.5. The second kappa shape index (κ2) is 8.04. The van der Waals surface area contributed by atoms with E-state index in [0.29, 0.717) is 12.1 Å². The third kappa shape index (κ3) is 3.57. The molecule has 3 rings (SSSR count). The first kappa shape index (κ1) is 18.0. The number of hydrogen-bond donors (Lipinski definition) is 0. The van der Waals surface area contributed by atoms with Crippen LogP contribution in [-0.2, 0) is 11.3 Å². The van der Waals surface area contributed by atoms with Gasteiger partial charge in [0.15, 0.2) is 0 Å². The molecule has 3 aromatic rings. The topological polar surface area (TPSA) is 47.4 Å². The lowest BCUT2D eigenvalue weighted by Crippen LogP contribution is -2.23. The monoisotopic (exact) mass is 351 g/mol. The quantitative estimate of drug-likeness (QED) is 0.601. The van der Waals surface area contributed by atoms with Crippen molar-refractivity contribution in [2.24, 2.45) is 0 Å².